The SMILES string of the molecule is CCC(C)(O)C#Cc1cc([N+](=O)[O-])cc(Cl)c1N. The highest BCUT2D eigenvalue weighted by molar-refractivity contribution is 6.33. The van der Waals surface area contributed by atoms with E-state index in [1.165, 1.54) is 12.1 Å². The highest BCUT2D eigenvalue weighted by atomic mass is 35.5. The zero-order chi connectivity index (χ0) is 13.9. The molecule has 0 amide bonds. The third-order valence-electron chi connectivity index (χ3n) is 2.48. The summed E-state index contributed by atoms with van der Waals surface area (Å²) in [6, 6.07) is 2.40. The third-order valence-corrected chi connectivity index (χ3v) is 2.79. The molecule has 0 radical (unpaired) electrons. The second-order valence-electron chi connectivity index (χ2n) is 4.02. The van der Waals surface area contributed by atoms with Crippen molar-refractivity contribution in [1.29, 1.82) is 0 Å². The van der Waals surface area contributed by atoms with E-state index in [2.05, 4.69) is 11.8 Å². The molecule has 1 unspecified atom stereocenters. The Kier molecular flexibility index (Phi) is 4.17. The normalized spacial score (nSPS) is 13.3. The second-order valence-corrected chi connectivity index (χ2v) is 4.43. The summed E-state index contributed by atoms with van der Waals surface area (Å²) in [6.07, 6.45) is 0.433. The van der Waals surface area contributed by atoms with Gasteiger partial charge in [-0.25, -0.2) is 0 Å². The van der Waals surface area contributed by atoms with Gasteiger partial charge in [0.05, 0.1) is 21.2 Å². The molecule has 5 nitrogen and oxygen atoms in total. The fourth-order valence-electron chi connectivity index (χ4n) is 1.10. The first-order chi connectivity index (χ1) is 8.26. The molecule has 1 aromatic carbocycles. The van der Waals surface area contributed by atoms with Crippen LogP contribution in [-0.2, 0) is 0 Å². The van der Waals surface area contributed by atoms with Gasteiger partial charge in [-0.15, -0.1) is 0 Å². The molecule has 0 saturated heterocycles. The number of nitrogen functional groups attached to an aromatic ring is 1. The van der Waals surface area contributed by atoms with Crippen molar-refractivity contribution in [3.8, 4) is 11.8 Å². The molecule has 0 heterocycles. The van der Waals surface area contributed by atoms with Gasteiger partial charge in [-0.3, -0.25) is 10.1 Å². The summed E-state index contributed by atoms with van der Waals surface area (Å²) in [6.45, 7) is 3.33. The maximum absolute atomic E-state index is 10.7. The molecule has 1 aromatic rings. The molecule has 0 aliphatic carbocycles. The van der Waals surface area contributed by atoms with Crippen LogP contribution in [0.15, 0.2) is 12.1 Å². The number of benzene rings is 1. The number of nitrogens with two attached hydrogens (primary N) is 1. The minimum absolute atomic E-state index is 0.0737. The molecule has 1 atom stereocenters. The van der Waals surface area contributed by atoms with Crippen molar-refractivity contribution in [3.05, 3.63) is 32.8 Å². The average molecular weight is 269 g/mol. The molecule has 0 aliphatic heterocycles. The van der Waals surface area contributed by atoms with Gasteiger partial charge in [-0.2, -0.15) is 0 Å². The highest BCUT2D eigenvalue weighted by Crippen LogP contribution is 2.28. The summed E-state index contributed by atoms with van der Waals surface area (Å²) in [5, 5.41) is 20.5. The molecule has 6 heteroatoms. The van der Waals surface area contributed by atoms with Gasteiger partial charge in [-0.1, -0.05) is 30.4 Å². The minimum Gasteiger partial charge on any atom is -0.397 e. The number of nitrogens with zero attached hydrogens (tertiary/aromatic N) is 1. The fraction of sp³-hybridized carbons (Fsp3) is 0.333. The standard InChI is InChI=1S/C12H13ClN2O3/c1-3-12(2,16)5-4-8-6-9(15(17)18)7-10(13)11(8)14/h6-7,16H,3,14H2,1-2H3. The number of aliphatic hydroxyl groups is 1. The van der Waals surface area contributed by atoms with Crippen molar-refractivity contribution >= 4 is 23.0 Å². The van der Waals surface area contributed by atoms with E-state index < -0.39 is 10.5 Å². The smallest absolute Gasteiger partial charge is 0.272 e. The molecular weight excluding hydrogens is 256 g/mol. The molecule has 0 bridgehead atoms. The van der Waals surface area contributed by atoms with E-state index in [1.807, 2.05) is 0 Å². The number of hydrogen-bond acceptors (Lipinski definition) is 4. The molecule has 0 aromatic heterocycles. The van der Waals surface area contributed by atoms with E-state index in [0.29, 0.717) is 6.42 Å². The zero-order valence-electron chi connectivity index (χ0n) is 10.0. The van der Waals surface area contributed by atoms with Crippen LogP contribution in [0.1, 0.15) is 25.8 Å². The van der Waals surface area contributed by atoms with Crippen LogP contribution in [0.3, 0.4) is 0 Å². The van der Waals surface area contributed by atoms with E-state index in [0.717, 1.165) is 0 Å². The summed E-state index contributed by atoms with van der Waals surface area (Å²) in [5.41, 5.74) is 4.74. The van der Waals surface area contributed by atoms with Crippen molar-refractivity contribution in [2.45, 2.75) is 25.9 Å². The van der Waals surface area contributed by atoms with Crippen LogP contribution in [0.5, 0.6) is 0 Å². The molecule has 0 fully saturated rings. The Labute approximate surface area is 110 Å². The summed E-state index contributed by atoms with van der Waals surface area (Å²) in [5.74, 6) is 5.23. The number of halogens is 1. The average Bonchev–Trinajstić information content (AvgIpc) is 2.30. The molecule has 0 aliphatic rings. The van der Waals surface area contributed by atoms with Gasteiger partial charge in [0.15, 0.2) is 0 Å². The fourth-order valence-corrected chi connectivity index (χ4v) is 1.32. The summed E-state index contributed by atoms with van der Waals surface area (Å²) < 4.78 is 0. The largest absolute Gasteiger partial charge is 0.397 e. The Morgan fingerprint density at radius 3 is 2.72 bits per heavy atom. The number of anilines is 1. The summed E-state index contributed by atoms with van der Waals surface area (Å²) in [4.78, 5) is 10.1. The maximum Gasteiger partial charge on any atom is 0.272 e. The molecule has 18 heavy (non-hydrogen) atoms. The maximum atomic E-state index is 10.7. The van der Waals surface area contributed by atoms with E-state index in [9.17, 15) is 15.2 Å². The predicted octanol–water partition coefficient (Wildman–Crippen LogP) is 2.34. The summed E-state index contributed by atoms with van der Waals surface area (Å²) >= 11 is 5.79. The monoisotopic (exact) mass is 268 g/mol. The molecule has 1 rings (SSSR count). The summed E-state index contributed by atoms with van der Waals surface area (Å²) in [7, 11) is 0. The van der Waals surface area contributed by atoms with Gasteiger partial charge < -0.3 is 10.8 Å². The van der Waals surface area contributed by atoms with Crippen LogP contribution in [0.4, 0.5) is 11.4 Å². The van der Waals surface area contributed by atoms with E-state index in [1.54, 1.807) is 13.8 Å². The van der Waals surface area contributed by atoms with E-state index >= 15 is 0 Å². The lowest BCUT2D eigenvalue weighted by Crippen LogP contribution is -2.19. The Balaban J connectivity index is 3.28. The lowest BCUT2D eigenvalue weighted by Gasteiger charge is -2.12. The van der Waals surface area contributed by atoms with Crippen LogP contribution in [-0.4, -0.2) is 15.6 Å². The van der Waals surface area contributed by atoms with Crippen LogP contribution in [0.25, 0.3) is 0 Å². The van der Waals surface area contributed by atoms with Crippen molar-refractivity contribution in [3.63, 3.8) is 0 Å². The lowest BCUT2D eigenvalue weighted by atomic mass is 10.0. The van der Waals surface area contributed by atoms with Crippen LogP contribution >= 0.6 is 11.6 Å². The minimum atomic E-state index is -1.16. The van der Waals surface area contributed by atoms with Gasteiger partial charge in [0.1, 0.15) is 5.60 Å². The van der Waals surface area contributed by atoms with Gasteiger partial charge in [0, 0.05) is 12.1 Å². The highest BCUT2D eigenvalue weighted by Gasteiger charge is 2.15. The second kappa shape index (κ2) is 5.25. The predicted molar refractivity (Wildman–Crippen MR) is 70.3 cm³/mol. The first kappa shape index (κ1) is 14.3. The third kappa shape index (κ3) is 3.36. The van der Waals surface area contributed by atoms with Crippen molar-refractivity contribution < 1.29 is 10.0 Å². The quantitative estimate of drug-likeness (QED) is 0.373. The van der Waals surface area contributed by atoms with Crippen molar-refractivity contribution in [2.75, 3.05) is 5.73 Å². The molecular formula is C12H13ClN2O3. The van der Waals surface area contributed by atoms with Gasteiger partial charge in [0.25, 0.3) is 5.69 Å². The Hall–Kier alpha value is -1.77. The zero-order valence-corrected chi connectivity index (χ0v) is 10.8. The van der Waals surface area contributed by atoms with Gasteiger partial charge in [0.2, 0.25) is 0 Å². The van der Waals surface area contributed by atoms with Crippen LogP contribution in [0.2, 0.25) is 5.02 Å². The lowest BCUT2D eigenvalue weighted by molar-refractivity contribution is -0.384. The van der Waals surface area contributed by atoms with E-state index in [4.69, 9.17) is 17.3 Å². The van der Waals surface area contributed by atoms with Crippen molar-refractivity contribution in [2.24, 2.45) is 0 Å². The Morgan fingerprint density at radius 1 is 1.61 bits per heavy atom. The van der Waals surface area contributed by atoms with Crippen LogP contribution in [0, 0.1) is 22.0 Å². The van der Waals surface area contributed by atoms with Gasteiger partial charge >= 0.3 is 0 Å². The molecule has 0 spiro atoms. The molecule has 3 N–H and O–H groups in total. The van der Waals surface area contributed by atoms with Gasteiger partial charge in [-0.05, 0) is 13.3 Å². The number of hydrogen-bond donors (Lipinski definition) is 2. The first-order valence-corrected chi connectivity index (χ1v) is 5.63. The topological polar surface area (TPSA) is 89.4 Å². The number of nitro benzene ring substituents is 1. The molecule has 0 saturated carbocycles. The Bertz CT molecular complexity index is 544. The number of non-ortho nitro benzene ring substituents is 1. The number of rotatable bonds is 2. The van der Waals surface area contributed by atoms with Crippen LogP contribution < -0.4 is 5.73 Å². The number of nitro groups is 1. The van der Waals surface area contributed by atoms with E-state index in [-0.39, 0.29) is 22.0 Å². The Morgan fingerprint density at radius 2 is 2.22 bits per heavy atom. The molecule has 96 valence electrons. The first-order valence-electron chi connectivity index (χ1n) is 5.26. The van der Waals surface area contributed by atoms with Crippen molar-refractivity contribution in [1.82, 2.24) is 0 Å².